The molecule has 0 aromatic heterocycles. The Balaban J connectivity index is 1.18. The van der Waals surface area contributed by atoms with Gasteiger partial charge in [0.2, 0.25) is 0 Å². The smallest absolute Gasteiger partial charge is 0.143 e. The summed E-state index contributed by atoms with van der Waals surface area (Å²) in [7, 11) is 3.49. The van der Waals surface area contributed by atoms with Crippen LogP contribution >= 0.6 is 0 Å². The molecule has 3 nitrogen and oxygen atoms in total. The van der Waals surface area contributed by atoms with Gasteiger partial charge in [-0.2, -0.15) is 0 Å². The standard InChI is InChI=1S/C38H38O3/c1-40-35-10-7-29(8-11-35)34(13-14-39)19-25-3-4-31-20-32(6-5-30(31)18-25)33-9-12-37(41-2)36(21-33)38-22-26-15-27(23-38)17-28(16-26)24-38/h3-14,18,20-21,26-28H,15-17,19,22-24H2,1-2H3/b34-13+/t26-,27+,28?,38?. The van der Waals surface area contributed by atoms with E-state index in [0.717, 1.165) is 46.7 Å². The summed E-state index contributed by atoms with van der Waals surface area (Å²) in [5, 5.41) is 2.44. The maximum Gasteiger partial charge on any atom is 0.143 e. The Kier molecular flexibility index (Phi) is 6.69. The number of hydrogen-bond donors (Lipinski definition) is 0. The minimum Gasteiger partial charge on any atom is -0.497 e. The van der Waals surface area contributed by atoms with Crippen molar-refractivity contribution in [2.45, 2.75) is 50.4 Å². The van der Waals surface area contributed by atoms with Gasteiger partial charge in [0.1, 0.15) is 17.8 Å². The molecule has 0 radical (unpaired) electrons. The van der Waals surface area contributed by atoms with E-state index in [-0.39, 0.29) is 0 Å². The second-order valence-corrected chi connectivity index (χ2v) is 12.7. The van der Waals surface area contributed by atoms with E-state index in [1.807, 2.05) is 31.4 Å². The molecule has 8 rings (SSSR count). The Labute approximate surface area is 243 Å². The molecule has 41 heavy (non-hydrogen) atoms. The fourth-order valence-corrected chi connectivity index (χ4v) is 8.69. The number of ether oxygens (including phenoxy) is 2. The van der Waals surface area contributed by atoms with E-state index in [4.69, 9.17) is 9.47 Å². The van der Waals surface area contributed by atoms with E-state index in [0.29, 0.717) is 11.8 Å². The third-order valence-electron chi connectivity index (χ3n) is 10.2. The number of benzene rings is 4. The van der Waals surface area contributed by atoms with Gasteiger partial charge in [0.25, 0.3) is 0 Å². The topological polar surface area (TPSA) is 35.5 Å². The molecule has 0 unspecified atom stereocenters. The first-order chi connectivity index (χ1) is 20.1. The van der Waals surface area contributed by atoms with Gasteiger partial charge < -0.3 is 9.47 Å². The molecular formula is C38H38O3. The number of allylic oxidation sites excluding steroid dienone is 2. The molecule has 0 saturated heterocycles. The molecule has 4 fully saturated rings. The number of hydrogen-bond acceptors (Lipinski definition) is 3. The molecule has 0 heterocycles. The summed E-state index contributed by atoms with van der Waals surface area (Å²) in [6, 6.07) is 28.2. The predicted octanol–water partition coefficient (Wildman–Crippen LogP) is 8.82. The minimum absolute atomic E-state index is 0.290. The van der Waals surface area contributed by atoms with Gasteiger partial charge in [-0.25, -0.2) is 0 Å². The third kappa shape index (κ3) is 4.86. The van der Waals surface area contributed by atoms with Gasteiger partial charge >= 0.3 is 0 Å². The molecule has 4 aromatic carbocycles. The average molecular weight is 543 g/mol. The average Bonchev–Trinajstić information content (AvgIpc) is 2.99. The molecule has 0 spiro atoms. The summed E-state index contributed by atoms with van der Waals surface area (Å²) in [6.45, 7) is 0. The molecule has 3 heteroatoms. The normalized spacial score (nSPS) is 24.9. The van der Waals surface area contributed by atoms with Crippen molar-refractivity contribution >= 4 is 22.6 Å². The Morgan fingerprint density at radius 3 is 2.05 bits per heavy atom. The van der Waals surface area contributed by atoms with E-state index in [1.165, 1.54) is 71.6 Å². The zero-order chi connectivity index (χ0) is 28.0. The SMILES string of the molecule is COc1ccc(/C(=C/C=O)Cc2ccc3cc(-c4ccc(OC)c(C56CC7C[C@H](C5)C[C@@H](C7)C6)c4)ccc3c2)cc1. The van der Waals surface area contributed by atoms with Crippen LogP contribution in [-0.2, 0) is 16.6 Å². The number of methoxy groups -OCH3 is 2. The molecule has 4 aliphatic rings. The van der Waals surface area contributed by atoms with Crippen LogP contribution < -0.4 is 9.47 Å². The van der Waals surface area contributed by atoms with Crippen molar-refractivity contribution in [3.05, 3.63) is 102 Å². The molecule has 4 bridgehead atoms. The van der Waals surface area contributed by atoms with E-state index in [9.17, 15) is 4.79 Å². The van der Waals surface area contributed by atoms with Crippen LogP contribution in [-0.4, -0.2) is 20.5 Å². The van der Waals surface area contributed by atoms with Crippen LogP contribution in [0.15, 0.2) is 84.9 Å². The van der Waals surface area contributed by atoms with E-state index >= 15 is 0 Å². The maximum absolute atomic E-state index is 11.4. The van der Waals surface area contributed by atoms with Gasteiger partial charge in [-0.1, -0.05) is 48.5 Å². The number of aldehydes is 1. The second kappa shape index (κ2) is 10.5. The highest BCUT2D eigenvalue weighted by Gasteiger charge is 2.52. The van der Waals surface area contributed by atoms with Crippen molar-refractivity contribution in [2.75, 3.05) is 14.2 Å². The third-order valence-corrected chi connectivity index (χ3v) is 10.2. The van der Waals surface area contributed by atoms with Crippen molar-refractivity contribution in [1.82, 2.24) is 0 Å². The van der Waals surface area contributed by atoms with Crippen LogP contribution in [0.4, 0.5) is 0 Å². The van der Waals surface area contributed by atoms with Gasteiger partial charge in [-0.15, -0.1) is 0 Å². The van der Waals surface area contributed by atoms with Crippen LogP contribution in [0.5, 0.6) is 11.5 Å². The first-order valence-electron chi connectivity index (χ1n) is 15.1. The predicted molar refractivity (Wildman–Crippen MR) is 167 cm³/mol. The van der Waals surface area contributed by atoms with Crippen LogP contribution in [0.1, 0.15) is 55.2 Å². The van der Waals surface area contributed by atoms with Crippen LogP contribution in [0.3, 0.4) is 0 Å². The largest absolute Gasteiger partial charge is 0.497 e. The Bertz CT molecular complexity index is 1590. The van der Waals surface area contributed by atoms with E-state index in [1.54, 1.807) is 13.2 Å². The number of rotatable bonds is 8. The summed E-state index contributed by atoms with van der Waals surface area (Å²) in [6.07, 6.45) is 11.6. The monoisotopic (exact) mass is 542 g/mol. The minimum atomic E-state index is 0.290. The van der Waals surface area contributed by atoms with E-state index < -0.39 is 0 Å². The molecule has 0 amide bonds. The Hall–Kier alpha value is -3.85. The van der Waals surface area contributed by atoms with Gasteiger partial charge in [0.05, 0.1) is 14.2 Å². The number of carbonyl (C=O) groups excluding carboxylic acids is 1. The Morgan fingerprint density at radius 2 is 1.39 bits per heavy atom. The van der Waals surface area contributed by atoms with Crippen LogP contribution in [0, 0.1) is 17.8 Å². The first kappa shape index (κ1) is 26.1. The van der Waals surface area contributed by atoms with Crippen molar-refractivity contribution < 1.29 is 14.3 Å². The molecule has 208 valence electrons. The van der Waals surface area contributed by atoms with Crippen molar-refractivity contribution in [3.63, 3.8) is 0 Å². The van der Waals surface area contributed by atoms with Crippen molar-refractivity contribution in [3.8, 4) is 22.6 Å². The van der Waals surface area contributed by atoms with E-state index in [2.05, 4.69) is 54.6 Å². The fourth-order valence-electron chi connectivity index (χ4n) is 8.69. The second-order valence-electron chi connectivity index (χ2n) is 12.7. The molecule has 4 aromatic rings. The molecule has 0 aliphatic heterocycles. The summed E-state index contributed by atoms with van der Waals surface area (Å²) in [4.78, 5) is 11.4. The molecule has 4 aliphatic carbocycles. The van der Waals surface area contributed by atoms with Gasteiger partial charge in [-0.3, -0.25) is 4.79 Å². The summed E-state index contributed by atoms with van der Waals surface area (Å²) >= 11 is 0. The van der Waals surface area contributed by atoms with Crippen molar-refractivity contribution in [2.24, 2.45) is 17.8 Å². The number of carbonyl (C=O) groups is 1. The molecule has 0 atom stereocenters. The number of fused-ring (bicyclic) bond motifs is 1. The highest BCUT2D eigenvalue weighted by Crippen LogP contribution is 2.62. The van der Waals surface area contributed by atoms with Gasteiger partial charge in [-0.05, 0) is 143 Å². The van der Waals surface area contributed by atoms with Gasteiger partial charge in [0, 0.05) is 5.56 Å². The zero-order valence-corrected chi connectivity index (χ0v) is 24.1. The fraction of sp³-hybridized carbons (Fsp3) is 0.342. The summed E-state index contributed by atoms with van der Waals surface area (Å²) < 4.78 is 11.3. The van der Waals surface area contributed by atoms with Gasteiger partial charge in [0.15, 0.2) is 0 Å². The lowest BCUT2D eigenvalue weighted by molar-refractivity contribution is -0.104. The molecule has 0 N–H and O–H groups in total. The molecular weight excluding hydrogens is 504 g/mol. The maximum atomic E-state index is 11.4. The quantitative estimate of drug-likeness (QED) is 0.165. The lowest BCUT2D eigenvalue weighted by Crippen LogP contribution is -2.48. The highest BCUT2D eigenvalue weighted by molar-refractivity contribution is 5.89. The Morgan fingerprint density at radius 1 is 0.756 bits per heavy atom. The summed E-state index contributed by atoms with van der Waals surface area (Å²) in [5.41, 5.74) is 7.47. The highest BCUT2D eigenvalue weighted by atomic mass is 16.5. The lowest BCUT2D eigenvalue weighted by atomic mass is 9.48. The van der Waals surface area contributed by atoms with Crippen LogP contribution in [0.25, 0.3) is 27.5 Å². The van der Waals surface area contributed by atoms with Crippen molar-refractivity contribution in [1.29, 1.82) is 0 Å². The lowest BCUT2D eigenvalue weighted by Gasteiger charge is -2.57. The zero-order valence-electron chi connectivity index (χ0n) is 24.1. The van der Waals surface area contributed by atoms with Crippen LogP contribution in [0.2, 0.25) is 0 Å². The summed E-state index contributed by atoms with van der Waals surface area (Å²) in [5.74, 6) is 4.57. The first-order valence-corrected chi connectivity index (χ1v) is 15.1. The molecule has 4 saturated carbocycles.